The molecule has 1 aliphatic rings. The molecule has 0 aromatic rings. The van der Waals surface area contributed by atoms with Crippen LogP contribution in [0.2, 0.25) is 0 Å². The molecule has 7 heteroatoms. The van der Waals surface area contributed by atoms with Crippen molar-refractivity contribution in [2.45, 2.75) is 45.7 Å². The number of ether oxygens (including phenoxy) is 1. The predicted octanol–water partition coefficient (Wildman–Crippen LogP) is 1.53. The summed E-state index contributed by atoms with van der Waals surface area (Å²) >= 11 is 0. The maximum Gasteiger partial charge on any atom is 0.239 e. The molecule has 2 N–H and O–H groups in total. The zero-order valence-corrected chi connectivity index (χ0v) is 15.0. The zero-order valence-electron chi connectivity index (χ0n) is 13.4. The first-order valence-electron chi connectivity index (χ1n) is 7.50. The first kappa shape index (κ1) is 23.2. The van der Waals surface area contributed by atoms with E-state index in [2.05, 4.69) is 11.8 Å². The van der Waals surface area contributed by atoms with Gasteiger partial charge in [0, 0.05) is 38.8 Å². The van der Waals surface area contributed by atoms with Crippen molar-refractivity contribution >= 4 is 30.7 Å². The minimum atomic E-state index is -0.340. The average molecular weight is 344 g/mol. The molecule has 1 aliphatic heterocycles. The maximum atomic E-state index is 12.1. The monoisotopic (exact) mass is 343 g/mol. The van der Waals surface area contributed by atoms with Gasteiger partial charge in [-0.2, -0.15) is 0 Å². The van der Waals surface area contributed by atoms with E-state index in [1.54, 1.807) is 0 Å². The molecule has 21 heavy (non-hydrogen) atoms. The lowest BCUT2D eigenvalue weighted by molar-refractivity contribution is -0.135. The van der Waals surface area contributed by atoms with Gasteiger partial charge in [0.2, 0.25) is 5.91 Å². The van der Waals surface area contributed by atoms with Gasteiger partial charge in [-0.05, 0) is 19.8 Å². The summed E-state index contributed by atoms with van der Waals surface area (Å²) in [6.07, 6.45) is 1.76. The molecule has 128 valence electrons. The van der Waals surface area contributed by atoms with Gasteiger partial charge in [0.25, 0.3) is 0 Å². The fourth-order valence-electron chi connectivity index (χ4n) is 2.51. The van der Waals surface area contributed by atoms with Gasteiger partial charge in [0.05, 0.1) is 12.6 Å². The lowest BCUT2D eigenvalue weighted by atomic mass is 10.1. The summed E-state index contributed by atoms with van der Waals surface area (Å²) < 4.78 is 5.42. The Bertz CT molecular complexity index is 283. The highest BCUT2D eigenvalue weighted by Gasteiger charge is 2.29. The minimum Gasteiger partial charge on any atom is -0.380 e. The Hall–Kier alpha value is -0.0700. The van der Waals surface area contributed by atoms with Crippen LogP contribution in [0.3, 0.4) is 0 Å². The highest BCUT2D eigenvalue weighted by molar-refractivity contribution is 5.85. The van der Waals surface area contributed by atoms with E-state index < -0.39 is 0 Å². The number of nitrogens with two attached hydrogens (primary N) is 1. The van der Waals surface area contributed by atoms with Crippen LogP contribution in [0.5, 0.6) is 0 Å². The first-order chi connectivity index (χ1) is 9.13. The SMILES string of the molecule is CCOCCN1CCN(C(=O)[C@@H](N)CC)CC1CC.Cl.Cl. The number of nitrogens with zero attached hydrogens (tertiary/aromatic N) is 2. The summed E-state index contributed by atoms with van der Waals surface area (Å²) in [5.74, 6) is 0.102. The van der Waals surface area contributed by atoms with Crippen molar-refractivity contribution in [1.82, 2.24) is 9.80 Å². The third-order valence-electron chi connectivity index (χ3n) is 3.87. The Morgan fingerprint density at radius 2 is 1.95 bits per heavy atom. The topological polar surface area (TPSA) is 58.8 Å². The number of hydrogen-bond acceptors (Lipinski definition) is 4. The molecule has 2 atom stereocenters. The normalized spacial score (nSPS) is 20.4. The molecular weight excluding hydrogens is 313 g/mol. The lowest BCUT2D eigenvalue weighted by Crippen LogP contribution is -2.57. The third kappa shape index (κ3) is 7.15. The van der Waals surface area contributed by atoms with Crippen LogP contribution in [0.15, 0.2) is 0 Å². The maximum absolute atomic E-state index is 12.1. The number of hydrogen-bond donors (Lipinski definition) is 1. The lowest BCUT2D eigenvalue weighted by Gasteiger charge is -2.41. The van der Waals surface area contributed by atoms with Crippen LogP contribution in [-0.4, -0.2) is 67.2 Å². The number of halogens is 2. The van der Waals surface area contributed by atoms with E-state index in [4.69, 9.17) is 10.5 Å². The number of rotatable bonds is 7. The molecule has 1 heterocycles. The summed E-state index contributed by atoms with van der Waals surface area (Å²) in [6.45, 7) is 11.1. The van der Waals surface area contributed by atoms with Gasteiger partial charge in [-0.15, -0.1) is 24.8 Å². The molecule has 0 spiro atoms. The van der Waals surface area contributed by atoms with Crippen molar-refractivity contribution in [3.63, 3.8) is 0 Å². The third-order valence-corrected chi connectivity index (χ3v) is 3.87. The molecule has 0 aromatic heterocycles. The van der Waals surface area contributed by atoms with Gasteiger partial charge in [0.15, 0.2) is 0 Å². The van der Waals surface area contributed by atoms with Gasteiger partial charge >= 0.3 is 0 Å². The molecule has 0 aromatic carbocycles. The van der Waals surface area contributed by atoms with E-state index in [1.165, 1.54) is 0 Å². The van der Waals surface area contributed by atoms with E-state index in [-0.39, 0.29) is 36.8 Å². The van der Waals surface area contributed by atoms with Crippen molar-refractivity contribution in [2.75, 3.05) is 39.4 Å². The number of carbonyl (C=O) groups excluding carboxylic acids is 1. The fraction of sp³-hybridized carbons (Fsp3) is 0.929. The predicted molar refractivity (Wildman–Crippen MR) is 91.5 cm³/mol. The van der Waals surface area contributed by atoms with Crippen molar-refractivity contribution in [1.29, 1.82) is 0 Å². The van der Waals surface area contributed by atoms with Gasteiger partial charge in [-0.1, -0.05) is 13.8 Å². The van der Waals surface area contributed by atoms with Crippen LogP contribution in [0.25, 0.3) is 0 Å². The van der Waals surface area contributed by atoms with Gasteiger partial charge in [0.1, 0.15) is 0 Å². The number of amides is 1. The second kappa shape index (κ2) is 12.5. The standard InChI is InChI=1S/C14H29N3O2.2ClH/c1-4-12-11-17(14(18)13(15)5-2)8-7-16(12)9-10-19-6-3;;/h12-13H,4-11,15H2,1-3H3;2*1H/t12?,13-;;/m0../s1. The van der Waals surface area contributed by atoms with Crippen LogP contribution in [-0.2, 0) is 9.53 Å². The second-order valence-electron chi connectivity index (χ2n) is 5.09. The molecule has 0 saturated carbocycles. The second-order valence-corrected chi connectivity index (χ2v) is 5.09. The molecule has 5 nitrogen and oxygen atoms in total. The summed E-state index contributed by atoms with van der Waals surface area (Å²) in [4.78, 5) is 16.5. The molecule has 0 bridgehead atoms. The highest BCUT2D eigenvalue weighted by Crippen LogP contribution is 2.13. The Morgan fingerprint density at radius 3 is 2.48 bits per heavy atom. The molecule has 1 saturated heterocycles. The smallest absolute Gasteiger partial charge is 0.239 e. The van der Waals surface area contributed by atoms with Crippen LogP contribution in [0.1, 0.15) is 33.6 Å². The molecule has 1 rings (SSSR count). The summed E-state index contributed by atoms with van der Waals surface area (Å²) in [5, 5.41) is 0. The summed E-state index contributed by atoms with van der Waals surface area (Å²) in [7, 11) is 0. The molecule has 0 radical (unpaired) electrons. The quantitative estimate of drug-likeness (QED) is 0.712. The molecule has 1 fully saturated rings. The van der Waals surface area contributed by atoms with E-state index in [9.17, 15) is 4.79 Å². The van der Waals surface area contributed by atoms with Crippen molar-refractivity contribution < 1.29 is 9.53 Å². The average Bonchev–Trinajstić information content (AvgIpc) is 2.46. The van der Waals surface area contributed by atoms with E-state index >= 15 is 0 Å². The molecule has 1 amide bonds. The number of piperazine rings is 1. The van der Waals surface area contributed by atoms with Gasteiger partial charge < -0.3 is 15.4 Å². The van der Waals surface area contributed by atoms with Crippen molar-refractivity contribution in [3.8, 4) is 0 Å². The van der Waals surface area contributed by atoms with Crippen LogP contribution in [0.4, 0.5) is 0 Å². The van der Waals surface area contributed by atoms with E-state index in [0.29, 0.717) is 12.5 Å². The Kier molecular flexibility index (Phi) is 13.8. The van der Waals surface area contributed by atoms with E-state index in [1.807, 2.05) is 18.7 Å². The van der Waals surface area contributed by atoms with Crippen molar-refractivity contribution in [2.24, 2.45) is 5.73 Å². The first-order valence-corrected chi connectivity index (χ1v) is 7.50. The Morgan fingerprint density at radius 1 is 1.29 bits per heavy atom. The molecular formula is C14H31Cl2N3O2. The van der Waals surface area contributed by atoms with Crippen LogP contribution >= 0.6 is 24.8 Å². The summed E-state index contributed by atoms with van der Waals surface area (Å²) in [5.41, 5.74) is 5.84. The van der Waals surface area contributed by atoms with Crippen molar-refractivity contribution in [3.05, 3.63) is 0 Å². The molecule has 1 unspecified atom stereocenters. The largest absolute Gasteiger partial charge is 0.380 e. The van der Waals surface area contributed by atoms with E-state index in [0.717, 1.165) is 45.8 Å². The Balaban J connectivity index is 0. The van der Waals surface area contributed by atoms with Gasteiger partial charge in [-0.3, -0.25) is 9.69 Å². The van der Waals surface area contributed by atoms with Crippen LogP contribution < -0.4 is 5.73 Å². The fourth-order valence-corrected chi connectivity index (χ4v) is 2.51. The molecule has 0 aliphatic carbocycles. The zero-order chi connectivity index (χ0) is 14.3. The number of carbonyl (C=O) groups is 1. The minimum absolute atomic E-state index is 0. The van der Waals surface area contributed by atoms with Crippen LogP contribution in [0, 0.1) is 0 Å². The highest BCUT2D eigenvalue weighted by atomic mass is 35.5. The summed E-state index contributed by atoms with van der Waals surface area (Å²) in [6, 6.07) is 0.0923. The Labute approximate surface area is 141 Å². The van der Waals surface area contributed by atoms with Gasteiger partial charge in [-0.25, -0.2) is 0 Å².